The summed E-state index contributed by atoms with van der Waals surface area (Å²) in [5.74, 6) is 2.12. The number of ether oxygens (including phenoxy) is 2. The third-order valence-corrected chi connectivity index (χ3v) is 4.46. The molecule has 0 unspecified atom stereocenters. The maximum absolute atomic E-state index is 6.23. The van der Waals surface area contributed by atoms with Crippen molar-refractivity contribution in [2.24, 2.45) is 0 Å². The lowest BCUT2D eigenvalue weighted by atomic mass is 10.2. The molecule has 0 atom stereocenters. The van der Waals surface area contributed by atoms with E-state index < -0.39 is 0 Å². The molecule has 0 aliphatic heterocycles. The van der Waals surface area contributed by atoms with Crippen molar-refractivity contribution in [1.82, 2.24) is 9.97 Å². The molecule has 4 N–H and O–H groups in total. The number of benzene rings is 2. The number of hydrogen-bond donors (Lipinski definition) is 3. The van der Waals surface area contributed by atoms with Crippen LogP contribution in [0, 0.1) is 0 Å². The smallest absolute Gasteiger partial charge is 0.159 e. The van der Waals surface area contributed by atoms with Gasteiger partial charge in [0.1, 0.15) is 23.5 Å². The Hall–Kier alpha value is -2.90. The lowest BCUT2D eigenvalue weighted by Crippen LogP contribution is -2.06. The molecule has 2 aromatic carbocycles. The van der Waals surface area contributed by atoms with Gasteiger partial charge in [-0.3, -0.25) is 0 Å². The second kappa shape index (κ2) is 8.20. The summed E-state index contributed by atoms with van der Waals surface area (Å²) >= 11 is 12.0. The zero-order valence-corrected chi connectivity index (χ0v) is 16.1. The Labute approximate surface area is 166 Å². The first-order valence-corrected chi connectivity index (χ1v) is 8.59. The highest BCUT2D eigenvalue weighted by Crippen LogP contribution is 2.35. The van der Waals surface area contributed by atoms with Crippen LogP contribution in [0.25, 0.3) is 0 Å². The van der Waals surface area contributed by atoms with Crippen molar-refractivity contribution in [2.75, 3.05) is 30.6 Å². The van der Waals surface area contributed by atoms with Crippen LogP contribution >= 0.6 is 23.2 Å². The largest absolute Gasteiger partial charge is 0.497 e. The van der Waals surface area contributed by atoms with E-state index in [1.54, 1.807) is 50.6 Å². The van der Waals surface area contributed by atoms with E-state index >= 15 is 0 Å². The number of hydrogen-bond acceptors (Lipinski definition) is 7. The molecule has 27 heavy (non-hydrogen) atoms. The summed E-state index contributed by atoms with van der Waals surface area (Å²) in [4.78, 5) is 8.39. The molecule has 7 nitrogen and oxygen atoms in total. The second-order valence-corrected chi connectivity index (χ2v) is 6.24. The average Bonchev–Trinajstić information content (AvgIpc) is 2.67. The van der Waals surface area contributed by atoms with Crippen LogP contribution in [0.15, 0.2) is 42.7 Å². The number of nitrogen functional groups attached to an aromatic ring is 1. The summed E-state index contributed by atoms with van der Waals surface area (Å²) in [6, 6.07) is 10.5. The molecular formula is C18H17Cl2N5O2. The van der Waals surface area contributed by atoms with E-state index in [0.29, 0.717) is 50.2 Å². The van der Waals surface area contributed by atoms with Gasteiger partial charge < -0.3 is 25.8 Å². The molecule has 0 saturated heterocycles. The van der Waals surface area contributed by atoms with E-state index in [-0.39, 0.29) is 0 Å². The Morgan fingerprint density at radius 3 is 2.30 bits per heavy atom. The molecular weight excluding hydrogens is 389 g/mol. The van der Waals surface area contributed by atoms with Crippen molar-refractivity contribution in [2.45, 2.75) is 0 Å². The topological polar surface area (TPSA) is 94.3 Å². The van der Waals surface area contributed by atoms with E-state index in [9.17, 15) is 0 Å². The highest BCUT2D eigenvalue weighted by molar-refractivity contribution is 6.42. The number of halogens is 2. The first-order chi connectivity index (χ1) is 13.0. The molecule has 3 rings (SSSR count). The van der Waals surface area contributed by atoms with Crippen LogP contribution in [-0.2, 0) is 0 Å². The molecule has 0 spiro atoms. The first-order valence-electron chi connectivity index (χ1n) is 7.83. The van der Waals surface area contributed by atoms with Gasteiger partial charge in [0, 0.05) is 11.8 Å². The van der Waals surface area contributed by atoms with Crippen LogP contribution < -0.4 is 25.8 Å². The van der Waals surface area contributed by atoms with Crippen LogP contribution in [0.1, 0.15) is 0 Å². The average molecular weight is 406 g/mol. The van der Waals surface area contributed by atoms with Gasteiger partial charge in [0.15, 0.2) is 11.6 Å². The van der Waals surface area contributed by atoms with E-state index in [1.165, 1.54) is 6.33 Å². The molecule has 0 aliphatic carbocycles. The molecule has 1 heterocycles. The lowest BCUT2D eigenvalue weighted by Gasteiger charge is -2.15. The van der Waals surface area contributed by atoms with Gasteiger partial charge in [-0.15, -0.1) is 0 Å². The van der Waals surface area contributed by atoms with E-state index in [2.05, 4.69) is 20.6 Å². The second-order valence-electron chi connectivity index (χ2n) is 5.43. The van der Waals surface area contributed by atoms with Crippen LogP contribution in [0.2, 0.25) is 10.0 Å². The van der Waals surface area contributed by atoms with Crippen molar-refractivity contribution >= 4 is 51.9 Å². The fraction of sp³-hybridized carbons (Fsp3) is 0.111. The fourth-order valence-electron chi connectivity index (χ4n) is 2.34. The Bertz CT molecular complexity index is 968. The van der Waals surface area contributed by atoms with Crippen molar-refractivity contribution in [1.29, 1.82) is 0 Å². The molecule has 9 heteroatoms. The monoisotopic (exact) mass is 405 g/mol. The Kier molecular flexibility index (Phi) is 5.73. The van der Waals surface area contributed by atoms with Gasteiger partial charge in [-0.1, -0.05) is 23.2 Å². The molecule has 0 bridgehead atoms. The molecule has 1 aromatic heterocycles. The SMILES string of the molecule is COc1ccc(OC)c(Nc2ncnc(Nc3ccc(Cl)c(Cl)c3)c2N)c1. The van der Waals surface area contributed by atoms with Crippen LogP contribution in [0.4, 0.5) is 28.7 Å². The normalized spacial score (nSPS) is 10.4. The van der Waals surface area contributed by atoms with Crippen molar-refractivity contribution in [3.8, 4) is 11.5 Å². The molecule has 0 amide bonds. The summed E-state index contributed by atoms with van der Waals surface area (Å²) in [7, 11) is 3.16. The lowest BCUT2D eigenvalue weighted by molar-refractivity contribution is 0.405. The minimum absolute atomic E-state index is 0.327. The summed E-state index contributed by atoms with van der Waals surface area (Å²) in [5, 5.41) is 7.14. The Morgan fingerprint density at radius 2 is 1.63 bits per heavy atom. The minimum Gasteiger partial charge on any atom is -0.497 e. The van der Waals surface area contributed by atoms with Gasteiger partial charge in [0.2, 0.25) is 0 Å². The standard InChI is InChI=1S/C18H17Cl2N5O2/c1-26-11-4-6-15(27-2)14(8-11)25-18-16(21)17(22-9-23-18)24-10-3-5-12(19)13(20)7-10/h3-9H,21H2,1-2H3,(H2,22,23,24,25). The number of anilines is 5. The number of nitrogens with zero attached hydrogens (tertiary/aromatic N) is 2. The number of rotatable bonds is 6. The first kappa shape index (κ1) is 18.9. The van der Waals surface area contributed by atoms with Crippen LogP contribution in [-0.4, -0.2) is 24.2 Å². The molecule has 0 radical (unpaired) electrons. The maximum atomic E-state index is 6.23. The quantitative estimate of drug-likeness (QED) is 0.538. The van der Waals surface area contributed by atoms with Gasteiger partial charge in [0.05, 0.1) is 30.0 Å². The van der Waals surface area contributed by atoms with Gasteiger partial charge in [-0.05, 0) is 30.3 Å². The van der Waals surface area contributed by atoms with Gasteiger partial charge in [0.25, 0.3) is 0 Å². The van der Waals surface area contributed by atoms with E-state index in [0.717, 1.165) is 0 Å². The molecule has 0 saturated carbocycles. The van der Waals surface area contributed by atoms with Crippen LogP contribution in [0.5, 0.6) is 11.5 Å². The summed E-state index contributed by atoms with van der Waals surface area (Å²) in [6.45, 7) is 0. The van der Waals surface area contributed by atoms with Crippen molar-refractivity contribution < 1.29 is 9.47 Å². The van der Waals surface area contributed by atoms with Gasteiger partial charge in [-0.2, -0.15) is 0 Å². The predicted molar refractivity (Wildman–Crippen MR) is 109 cm³/mol. The summed E-state index contributed by atoms with van der Waals surface area (Å²) in [6.07, 6.45) is 1.39. The Balaban J connectivity index is 1.90. The molecule has 140 valence electrons. The number of methoxy groups -OCH3 is 2. The maximum Gasteiger partial charge on any atom is 0.159 e. The van der Waals surface area contributed by atoms with E-state index in [1.807, 2.05) is 0 Å². The summed E-state index contributed by atoms with van der Waals surface area (Å²) < 4.78 is 10.6. The molecule has 0 aliphatic rings. The van der Waals surface area contributed by atoms with Gasteiger partial charge in [-0.25, -0.2) is 9.97 Å². The Morgan fingerprint density at radius 1 is 0.889 bits per heavy atom. The highest BCUT2D eigenvalue weighted by Gasteiger charge is 2.12. The van der Waals surface area contributed by atoms with Crippen molar-refractivity contribution in [3.63, 3.8) is 0 Å². The van der Waals surface area contributed by atoms with Gasteiger partial charge >= 0.3 is 0 Å². The van der Waals surface area contributed by atoms with E-state index in [4.69, 9.17) is 38.4 Å². The number of aromatic nitrogens is 2. The predicted octanol–water partition coefficient (Wildman–Crippen LogP) is 4.87. The third kappa shape index (κ3) is 4.27. The third-order valence-electron chi connectivity index (χ3n) is 3.73. The van der Waals surface area contributed by atoms with Crippen LogP contribution in [0.3, 0.4) is 0 Å². The fourth-order valence-corrected chi connectivity index (χ4v) is 2.64. The zero-order chi connectivity index (χ0) is 19.4. The molecule has 3 aromatic rings. The summed E-state index contributed by atoms with van der Waals surface area (Å²) in [5.41, 5.74) is 7.90. The molecule has 0 fully saturated rings. The number of nitrogens with two attached hydrogens (primary N) is 1. The zero-order valence-electron chi connectivity index (χ0n) is 14.6. The van der Waals surface area contributed by atoms with Crippen molar-refractivity contribution in [3.05, 3.63) is 52.8 Å². The number of nitrogens with one attached hydrogen (secondary N) is 2. The minimum atomic E-state index is 0.327. The highest BCUT2D eigenvalue weighted by atomic mass is 35.5.